The van der Waals surface area contributed by atoms with Crippen LogP contribution in [0.1, 0.15) is 15.9 Å². The Morgan fingerprint density at radius 2 is 1.82 bits per heavy atom. The van der Waals surface area contributed by atoms with Crippen LogP contribution in [0, 0.1) is 6.07 Å². The Morgan fingerprint density at radius 1 is 1.18 bits per heavy atom. The molecule has 4 heteroatoms. The molecule has 0 radical (unpaired) electrons. The average Bonchev–Trinajstić information content (AvgIpc) is 2.33. The van der Waals surface area contributed by atoms with Crippen LogP contribution in [0.15, 0.2) is 42.5 Å². The number of hydrogen-bond donors (Lipinski definition) is 1. The van der Waals surface area contributed by atoms with Crippen molar-refractivity contribution in [3.63, 3.8) is 0 Å². The molecule has 2 aromatic carbocycles. The average molecular weight is 260 g/mol. The van der Waals surface area contributed by atoms with Gasteiger partial charge in [0.2, 0.25) is 0 Å². The fourth-order valence-corrected chi connectivity index (χ4v) is 1.40. The van der Waals surface area contributed by atoms with Crippen molar-refractivity contribution < 1.29 is 36.7 Å². The summed E-state index contributed by atoms with van der Waals surface area (Å²) in [6.07, 6.45) is 0. The number of aromatic hydroxyl groups is 1. The number of hydrogen-bond acceptors (Lipinski definition) is 3. The number of rotatable bonds is 2. The SMILES string of the molecule is O=C(c1ccccc1)c1cc[c-]c(O)c1[O-].[Ti+2]. The van der Waals surface area contributed by atoms with Gasteiger partial charge in [-0.05, 0) is 5.75 Å². The van der Waals surface area contributed by atoms with Crippen LogP contribution in [0.3, 0.4) is 0 Å². The second-order valence-corrected chi connectivity index (χ2v) is 3.26. The fourth-order valence-electron chi connectivity index (χ4n) is 1.40. The summed E-state index contributed by atoms with van der Waals surface area (Å²) < 4.78 is 0. The molecule has 82 valence electrons. The Balaban J connectivity index is 0.00000144. The van der Waals surface area contributed by atoms with Crippen molar-refractivity contribution in [3.8, 4) is 11.5 Å². The van der Waals surface area contributed by atoms with E-state index in [1.807, 2.05) is 0 Å². The summed E-state index contributed by atoms with van der Waals surface area (Å²) in [6, 6.07) is 13.5. The second kappa shape index (κ2) is 5.66. The Hall–Kier alpha value is -1.58. The second-order valence-electron chi connectivity index (χ2n) is 3.26. The monoisotopic (exact) mass is 260 g/mol. The topological polar surface area (TPSA) is 60.4 Å². The fraction of sp³-hybridized carbons (Fsp3) is 0. The Bertz CT molecular complexity index is 523. The van der Waals surface area contributed by atoms with Crippen LogP contribution >= 0.6 is 0 Å². The summed E-state index contributed by atoms with van der Waals surface area (Å²) in [7, 11) is 0. The van der Waals surface area contributed by atoms with Gasteiger partial charge < -0.3 is 10.2 Å². The molecule has 3 nitrogen and oxygen atoms in total. The molecule has 0 aliphatic heterocycles. The zero-order chi connectivity index (χ0) is 11.5. The number of phenolic OH excluding ortho intramolecular Hbond substituents is 1. The van der Waals surface area contributed by atoms with Crippen molar-refractivity contribution >= 4 is 5.78 Å². The minimum Gasteiger partial charge on any atom is -0.925 e. The largest absolute Gasteiger partial charge is 2.00 e. The predicted molar refractivity (Wildman–Crippen MR) is 56.3 cm³/mol. The predicted octanol–water partition coefficient (Wildman–Crippen LogP) is 1.49. The molecule has 0 aromatic heterocycles. The molecule has 0 aliphatic rings. The zero-order valence-corrected chi connectivity index (χ0v) is 10.4. The molecule has 0 saturated heterocycles. The molecule has 0 heterocycles. The van der Waals surface area contributed by atoms with E-state index >= 15 is 0 Å². The van der Waals surface area contributed by atoms with Gasteiger partial charge in [0.25, 0.3) is 0 Å². The van der Waals surface area contributed by atoms with E-state index in [0.717, 1.165) is 0 Å². The standard InChI is InChI=1S/C13H9O3.Ti/c14-11-8-4-7-10(13(11)16)12(15)9-5-2-1-3-6-9;/h1-7,14,16H;/q-1;+2/p-1. The van der Waals surface area contributed by atoms with Crippen molar-refractivity contribution in [2.24, 2.45) is 0 Å². The van der Waals surface area contributed by atoms with Gasteiger partial charge in [-0.1, -0.05) is 35.9 Å². The Morgan fingerprint density at radius 3 is 2.47 bits per heavy atom. The van der Waals surface area contributed by atoms with Gasteiger partial charge in [0, 0.05) is 5.56 Å². The quantitative estimate of drug-likeness (QED) is 0.505. The number of phenols is 1. The van der Waals surface area contributed by atoms with Crippen molar-refractivity contribution in [2.45, 2.75) is 0 Å². The van der Waals surface area contributed by atoms with Crippen molar-refractivity contribution in [1.29, 1.82) is 0 Å². The first-order valence-electron chi connectivity index (χ1n) is 4.70. The molecule has 2 rings (SSSR count). The first kappa shape index (κ1) is 13.5. The number of carbonyl (C=O) groups excluding carboxylic acids is 1. The summed E-state index contributed by atoms with van der Waals surface area (Å²) >= 11 is 0. The molecule has 0 unspecified atom stereocenters. The molecule has 0 bridgehead atoms. The maximum Gasteiger partial charge on any atom is 2.00 e. The molecular formula is C13H8O3Ti. The van der Waals surface area contributed by atoms with Gasteiger partial charge in [-0.3, -0.25) is 4.79 Å². The third kappa shape index (κ3) is 2.76. The van der Waals surface area contributed by atoms with E-state index in [0.29, 0.717) is 5.56 Å². The molecule has 0 atom stereocenters. The van der Waals surface area contributed by atoms with Crippen LogP contribution in [0.2, 0.25) is 0 Å². The van der Waals surface area contributed by atoms with E-state index in [-0.39, 0.29) is 27.3 Å². The molecule has 0 aliphatic carbocycles. The van der Waals surface area contributed by atoms with Crippen LogP contribution in [-0.4, -0.2) is 10.9 Å². The van der Waals surface area contributed by atoms with E-state index in [2.05, 4.69) is 6.07 Å². The molecule has 2 aromatic rings. The number of ketones is 1. The van der Waals surface area contributed by atoms with E-state index in [1.165, 1.54) is 12.1 Å². The maximum atomic E-state index is 11.9. The third-order valence-electron chi connectivity index (χ3n) is 2.21. The molecule has 0 saturated carbocycles. The van der Waals surface area contributed by atoms with Gasteiger partial charge in [-0.15, -0.1) is 6.07 Å². The van der Waals surface area contributed by atoms with Gasteiger partial charge in [0.1, 0.15) is 0 Å². The van der Waals surface area contributed by atoms with E-state index in [1.54, 1.807) is 30.3 Å². The summed E-state index contributed by atoms with van der Waals surface area (Å²) in [5.74, 6) is -1.60. The van der Waals surface area contributed by atoms with Gasteiger partial charge >= 0.3 is 21.7 Å². The van der Waals surface area contributed by atoms with Crippen LogP contribution in [-0.2, 0) is 21.7 Å². The van der Waals surface area contributed by atoms with Gasteiger partial charge in [0.05, 0.1) is 0 Å². The summed E-state index contributed by atoms with van der Waals surface area (Å²) in [5.41, 5.74) is 0.382. The third-order valence-corrected chi connectivity index (χ3v) is 2.21. The molecular weight excluding hydrogens is 252 g/mol. The normalized spacial score (nSPS) is 9.41. The summed E-state index contributed by atoms with van der Waals surface area (Å²) in [5, 5.41) is 20.7. The van der Waals surface area contributed by atoms with Crippen molar-refractivity contribution in [2.75, 3.05) is 0 Å². The van der Waals surface area contributed by atoms with Gasteiger partial charge in [-0.25, -0.2) is 0 Å². The van der Waals surface area contributed by atoms with Crippen LogP contribution < -0.4 is 5.11 Å². The van der Waals surface area contributed by atoms with Gasteiger partial charge in [-0.2, -0.15) is 17.9 Å². The smallest absolute Gasteiger partial charge is 0.925 e. The number of carbonyl (C=O) groups is 1. The Kier molecular flexibility index (Phi) is 4.49. The molecule has 17 heavy (non-hydrogen) atoms. The zero-order valence-electron chi connectivity index (χ0n) is 8.81. The first-order chi connectivity index (χ1) is 7.70. The van der Waals surface area contributed by atoms with Crippen LogP contribution in [0.4, 0.5) is 0 Å². The van der Waals surface area contributed by atoms with E-state index in [4.69, 9.17) is 0 Å². The number of benzene rings is 2. The molecule has 0 amide bonds. The summed E-state index contributed by atoms with van der Waals surface area (Å²) in [6.45, 7) is 0. The minimum absolute atomic E-state index is 0. The van der Waals surface area contributed by atoms with Crippen molar-refractivity contribution in [3.05, 3.63) is 59.7 Å². The Labute approximate surface area is 114 Å². The van der Waals surface area contributed by atoms with E-state index in [9.17, 15) is 15.0 Å². The molecule has 0 fully saturated rings. The maximum absolute atomic E-state index is 11.9. The molecule has 0 spiro atoms. The minimum atomic E-state index is -0.684. The van der Waals surface area contributed by atoms with E-state index < -0.39 is 17.3 Å². The van der Waals surface area contributed by atoms with Crippen molar-refractivity contribution in [1.82, 2.24) is 0 Å². The van der Waals surface area contributed by atoms with Crippen LogP contribution in [0.5, 0.6) is 11.5 Å². The van der Waals surface area contributed by atoms with Gasteiger partial charge in [0.15, 0.2) is 5.78 Å². The summed E-state index contributed by atoms with van der Waals surface area (Å²) in [4.78, 5) is 11.9. The van der Waals surface area contributed by atoms with Crippen LogP contribution in [0.25, 0.3) is 0 Å². The first-order valence-corrected chi connectivity index (χ1v) is 4.70. The molecule has 1 N–H and O–H groups in total.